The molecule has 0 fully saturated rings. The molecule has 1 rings (SSSR count). The highest BCUT2D eigenvalue weighted by Gasteiger charge is 2.23. The topological polar surface area (TPSA) is 133 Å². The van der Waals surface area contributed by atoms with Crippen molar-refractivity contribution in [3.63, 3.8) is 0 Å². The molecule has 9 heteroatoms. The van der Waals surface area contributed by atoms with Crippen LogP contribution >= 0.6 is 11.3 Å². The molecule has 25 heavy (non-hydrogen) atoms. The van der Waals surface area contributed by atoms with Gasteiger partial charge in [0.15, 0.2) is 5.78 Å². The maximum atomic E-state index is 11.8. The Hall–Kier alpha value is -1.97. The van der Waals surface area contributed by atoms with Gasteiger partial charge >= 0.3 is 12.1 Å². The van der Waals surface area contributed by atoms with Crippen LogP contribution in [0.1, 0.15) is 54.3 Å². The van der Waals surface area contributed by atoms with E-state index in [2.05, 4.69) is 5.32 Å². The summed E-state index contributed by atoms with van der Waals surface area (Å²) < 4.78 is 5.02. The highest BCUT2D eigenvalue weighted by molar-refractivity contribution is 7.14. The maximum Gasteiger partial charge on any atom is 0.407 e. The number of carbonyl (C=O) groups excluding carboxylic acids is 2. The standard InChI is InChI=1S/C16H23NO7S/c1-16(2,3)24-15(23)17-8-10(19)14(22)12-6-5-11(25-12)9(18)4-7-13(20)21/h5-6,10,14,19,22H,4,7-8H2,1-3H3,(H,17,23)(H,20,21). The number of aliphatic hydroxyl groups is 2. The quantitative estimate of drug-likeness (QED) is 0.510. The van der Waals surface area contributed by atoms with Crippen molar-refractivity contribution >= 4 is 29.2 Å². The molecule has 0 spiro atoms. The van der Waals surface area contributed by atoms with Crippen LogP contribution in [0.5, 0.6) is 0 Å². The number of carboxylic acid groups (broad SMARTS) is 1. The summed E-state index contributed by atoms with van der Waals surface area (Å²) in [5, 5.41) is 31.0. The lowest BCUT2D eigenvalue weighted by molar-refractivity contribution is -0.136. The first-order valence-electron chi connectivity index (χ1n) is 7.67. The number of amides is 1. The monoisotopic (exact) mass is 373 g/mol. The molecular weight excluding hydrogens is 350 g/mol. The van der Waals surface area contributed by atoms with Crippen molar-refractivity contribution < 1.29 is 34.4 Å². The number of carbonyl (C=O) groups is 3. The van der Waals surface area contributed by atoms with Crippen LogP contribution in [-0.4, -0.2) is 51.4 Å². The zero-order valence-electron chi connectivity index (χ0n) is 14.3. The van der Waals surface area contributed by atoms with Gasteiger partial charge in [-0.05, 0) is 32.9 Å². The van der Waals surface area contributed by atoms with E-state index in [-0.39, 0.29) is 25.2 Å². The van der Waals surface area contributed by atoms with Gasteiger partial charge in [-0.3, -0.25) is 9.59 Å². The van der Waals surface area contributed by atoms with E-state index in [0.717, 1.165) is 11.3 Å². The lowest BCUT2D eigenvalue weighted by atomic mass is 10.1. The number of alkyl carbamates (subject to hydrolysis) is 1. The highest BCUT2D eigenvalue weighted by atomic mass is 32.1. The summed E-state index contributed by atoms with van der Waals surface area (Å²) in [4.78, 5) is 34.5. The van der Waals surface area contributed by atoms with E-state index in [1.807, 2.05) is 0 Å². The Bertz CT molecular complexity index is 620. The van der Waals surface area contributed by atoms with Gasteiger partial charge in [0, 0.05) is 17.8 Å². The van der Waals surface area contributed by atoms with E-state index in [4.69, 9.17) is 9.84 Å². The number of ketones is 1. The van der Waals surface area contributed by atoms with Gasteiger partial charge in [-0.1, -0.05) is 0 Å². The van der Waals surface area contributed by atoms with Crippen molar-refractivity contribution in [2.75, 3.05) is 6.54 Å². The predicted molar refractivity (Wildman–Crippen MR) is 90.7 cm³/mol. The number of hydrogen-bond donors (Lipinski definition) is 4. The van der Waals surface area contributed by atoms with Gasteiger partial charge in [0.25, 0.3) is 0 Å². The van der Waals surface area contributed by atoms with Crippen LogP contribution in [0.15, 0.2) is 12.1 Å². The van der Waals surface area contributed by atoms with E-state index in [1.54, 1.807) is 20.8 Å². The number of aliphatic hydroxyl groups excluding tert-OH is 2. The number of carboxylic acids is 1. The lowest BCUT2D eigenvalue weighted by Gasteiger charge is -2.21. The van der Waals surface area contributed by atoms with Gasteiger partial charge in [0.1, 0.15) is 17.8 Å². The van der Waals surface area contributed by atoms with Crippen LogP contribution in [0.3, 0.4) is 0 Å². The first-order chi connectivity index (χ1) is 11.5. The Morgan fingerprint density at radius 1 is 1.20 bits per heavy atom. The molecule has 1 aromatic heterocycles. The third kappa shape index (κ3) is 7.63. The summed E-state index contributed by atoms with van der Waals surface area (Å²) in [5.41, 5.74) is -0.674. The molecule has 0 saturated heterocycles. The number of hydrogen-bond acceptors (Lipinski definition) is 7. The second-order valence-electron chi connectivity index (χ2n) is 6.41. The third-order valence-electron chi connectivity index (χ3n) is 2.98. The SMILES string of the molecule is CC(C)(C)OC(=O)NCC(O)C(O)c1ccc(C(=O)CCC(=O)O)s1. The van der Waals surface area contributed by atoms with Gasteiger partial charge in [-0.2, -0.15) is 0 Å². The lowest BCUT2D eigenvalue weighted by Crippen LogP contribution is -2.38. The first kappa shape index (κ1) is 21.1. The molecule has 0 aliphatic carbocycles. The molecule has 0 radical (unpaired) electrons. The number of Topliss-reactive ketones (excluding diaryl/α,β-unsaturated/α-hetero) is 1. The molecule has 0 aliphatic rings. The molecule has 1 amide bonds. The molecule has 2 unspecified atom stereocenters. The number of thiophene rings is 1. The van der Waals surface area contributed by atoms with Crippen molar-refractivity contribution in [1.82, 2.24) is 5.32 Å². The van der Waals surface area contributed by atoms with Crippen LogP contribution in [0.2, 0.25) is 0 Å². The average Bonchev–Trinajstić information content (AvgIpc) is 2.97. The summed E-state index contributed by atoms with van der Waals surface area (Å²) >= 11 is 0.977. The van der Waals surface area contributed by atoms with Crippen molar-refractivity contribution in [1.29, 1.82) is 0 Å². The first-order valence-corrected chi connectivity index (χ1v) is 8.49. The van der Waals surface area contributed by atoms with Crippen molar-refractivity contribution in [2.24, 2.45) is 0 Å². The summed E-state index contributed by atoms with van der Waals surface area (Å²) in [6.45, 7) is 4.88. The molecule has 4 N–H and O–H groups in total. The Morgan fingerprint density at radius 3 is 2.40 bits per heavy atom. The minimum absolute atomic E-state index is 0.131. The van der Waals surface area contributed by atoms with Crippen molar-refractivity contribution in [3.8, 4) is 0 Å². The Morgan fingerprint density at radius 2 is 1.84 bits per heavy atom. The molecule has 0 saturated carbocycles. The predicted octanol–water partition coefficient (Wildman–Crippen LogP) is 1.71. The minimum Gasteiger partial charge on any atom is -0.481 e. The molecule has 0 aliphatic heterocycles. The molecule has 0 bridgehead atoms. The smallest absolute Gasteiger partial charge is 0.407 e. The molecule has 0 aromatic carbocycles. The average molecular weight is 373 g/mol. The fourth-order valence-corrected chi connectivity index (χ4v) is 2.83. The van der Waals surface area contributed by atoms with E-state index in [1.165, 1.54) is 12.1 Å². The maximum absolute atomic E-state index is 11.8. The highest BCUT2D eigenvalue weighted by Crippen LogP contribution is 2.26. The molecule has 2 atom stereocenters. The number of nitrogens with one attached hydrogen (secondary N) is 1. The van der Waals surface area contributed by atoms with Crippen LogP contribution in [0, 0.1) is 0 Å². The molecular formula is C16H23NO7S. The van der Waals surface area contributed by atoms with E-state index >= 15 is 0 Å². The minimum atomic E-state index is -1.29. The van der Waals surface area contributed by atoms with Crippen LogP contribution in [0.25, 0.3) is 0 Å². The molecule has 1 heterocycles. The summed E-state index contributed by atoms with van der Waals surface area (Å²) in [6.07, 6.45) is -3.69. The summed E-state index contributed by atoms with van der Waals surface area (Å²) in [5.74, 6) is -1.40. The van der Waals surface area contributed by atoms with Gasteiger partial charge < -0.3 is 25.4 Å². The Labute approximate surface area is 149 Å². The fraction of sp³-hybridized carbons (Fsp3) is 0.562. The van der Waals surface area contributed by atoms with Gasteiger partial charge in [-0.25, -0.2) is 4.79 Å². The number of rotatable bonds is 8. The summed E-state index contributed by atoms with van der Waals surface area (Å²) in [6, 6.07) is 2.96. The fourth-order valence-electron chi connectivity index (χ4n) is 1.81. The van der Waals surface area contributed by atoms with E-state index in [0.29, 0.717) is 9.75 Å². The van der Waals surface area contributed by atoms with Gasteiger partial charge in [0.2, 0.25) is 0 Å². The number of aliphatic carboxylic acids is 1. The zero-order valence-corrected chi connectivity index (χ0v) is 15.1. The number of ether oxygens (including phenoxy) is 1. The largest absolute Gasteiger partial charge is 0.481 e. The van der Waals surface area contributed by atoms with Crippen LogP contribution in [-0.2, 0) is 9.53 Å². The van der Waals surface area contributed by atoms with Crippen LogP contribution in [0.4, 0.5) is 4.79 Å². The van der Waals surface area contributed by atoms with E-state index < -0.39 is 29.9 Å². The van der Waals surface area contributed by atoms with Crippen LogP contribution < -0.4 is 5.32 Å². The molecule has 8 nitrogen and oxygen atoms in total. The van der Waals surface area contributed by atoms with Crippen molar-refractivity contribution in [2.45, 2.75) is 51.4 Å². The van der Waals surface area contributed by atoms with Gasteiger partial charge in [0.05, 0.1) is 11.3 Å². The summed E-state index contributed by atoms with van der Waals surface area (Å²) in [7, 11) is 0. The third-order valence-corrected chi connectivity index (χ3v) is 4.17. The second-order valence-corrected chi connectivity index (χ2v) is 7.53. The second kappa shape index (κ2) is 8.93. The Balaban J connectivity index is 2.56. The molecule has 140 valence electrons. The normalized spacial score (nSPS) is 13.8. The Kier molecular flexibility index (Phi) is 7.53. The van der Waals surface area contributed by atoms with Crippen molar-refractivity contribution in [3.05, 3.63) is 21.9 Å². The zero-order chi connectivity index (χ0) is 19.2. The van der Waals surface area contributed by atoms with E-state index in [9.17, 15) is 24.6 Å². The molecule has 1 aromatic rings. The van der Waals surface area contributed by atoms with Gasteiger partial charge in [-0.15, -0.1) is 11.3 Å².